The van der Waals surface area contributed by atoms with Crippen LogP contribution in [0.15, 0.2) is 36.8 Å². The van der Waals surface area contributed by atoms with Gasteiger partial charge in [0.2, 0.25) is 0 Å². The summed E-state index contributed by atoms with van der Waals surface area (Å²) in [5.41, 5.74) is 1.90. The lowest BCUT2D eigenvalue weighted by molar-refractivity contribution is 0.179. The minimum atomic E-state index is 0.109. The molecule has 0 bridgehead atoms. The molecule has 0 aliphatic carbocycles. The van der Waals surface area contributed by atoms with Crippen LogP contribution in [0.5, 0.6) is 5.75 Å². The van der Waals surface area contributed by atoms with E-state index in [9.17, 15) is 0 Å². The fourth-order valence-corrected chi connectivity index (χ4v) is 2.86. The maximum atomic E-state index is 6.18. The van der Waals surface area contributed by atoms with Gasteiger partial charge in [0.1, 0.15) is 17.0 Å². The molecule has 5 heteroatoms. The lowest BCUT2D eigenvalue weighted by atomic mass is 10.1. The summed E-state index contributed by atoms with van der Waals surface area (Å²) >= 11 is 6.18. The second kappa shape index (κ2) is 7.57. The quantitative estimate of drug-likeness (QED) is 0.847. The van der Waals surface area contributed by atoms with Gasteiger partial charge in [-0.1, -0.05) is 23.8 Å². The standard InChI is InChI=1S/C18H20ClN3O/c1-13(17-3-2-8-21-17)23-16-11-15(18(19)22-12-16)5-4-14-6-9-20-10-7-14/h4-7,9-13,17,21H,2-3,8H2,1H3/t13?,17-/m1/s1. The van der Waals surface area contributed by atoms with Gasteiger partial charge in [-0.25, -0.2) is 4.98 Å². The van der Waals surface area contributed by atoms with Crippen molar-refractivity contribution < 1.29 is 4.74 Å². The van der Waals surface area contributed by atoms with Crippen LogP contribution in [0.3, 0.4) is 0 Å². The molecule has 2 aromatic heterocycles. The Morgan fingerprint density at radius 1 is 1.35 bits per heavy atom. The van der Waals surface area contributed by atoms with Crippen LogP contribution in [-0.2, 0) is 0 Å². The number of nitrogens with zero attached hydrogens (tertiary/aromatic N) is 2. The van der Waals surface area contributed by atoms with Gasteiger partial charge in [-0.15, -0.1) is 0 Å². The Bertz CT molecular complexity index is 669. The van der Waals surface area contributed by atoms with E-state index in [2.05, 4.69) is 22.2 Å². The maximum Gasteiger partial charge on any atom is 0.138 e. The highest BCUT2D eigenvalue weighted by Crippen LogP contribution is 2.23. The Morgan fingerprint density at radius 2 is 2.17 bits per heavy atom. The van der Waals surface area contributed by atoms with Crippen molar-refractivity contribution in [2.24, 2.45) is 0 Å². The van der Waals surface area contributed by atoms with Crippen LogP contribution in [0.25, 0.3) is 12.2 Å². The van der Waals surface area contributed by atoms with E-state index >= 15 is 0 Å². The molecule has 1 N–H and O–H groups in total. The number of aromatic nitrogens is 2. The number of nitrogens with one attached hydrogen (secondary N) is 1. The van der Waals surface area contributed by atoms with Gasteiger partial charge in [-0.05, 0) is 50.1 Å². The average molecular weight is 330 g/mol. The molecular formula is C18H20ClN3O. The van der Waals surface area contributed by atoms with E-state index in [-0.39, 0.29) is 6.10 Å². The highest BCUT2D eigenvalue weighted by atomic mass is 35.5. The van der Waals surface area contributed by atoms with Gasteiger partial charge in [0.15, 0.2) is 0 Å². The zero-order chi connectivity index (χ0) is 16.1. The molecule has 1 unspecified atom stereocenters. The third-order valence-electron chi connectivity index (χ3n) is 3.99. The number of rotatable bonds is 5. The molecule has 0 aromatic carbocycles. The predicted molar refractivity (Wildman–Crippen MR) is 93.5 cm³/mol. The first-order chi connectivity index (χ1) is 11.2. The number of ether oxygens (including phenoxy) is 1. The first-order valence-corrected chi connectivity index (χ1v) is 8.24. The number of pyridine rings is 2. The molecule has 0 radical (unpaired) electrons. The molecule has 0 amide bonds. The summed E-state index contributed by atoms with van der Waals surface area (Å²) in [4.78, 5) is 8.23. The first-order valence-electron chi connectivity index (χ1n) is 7.86. The van der Waals surface area contributed by atoms with Gasteiger partial charge in [-0.3, -0.25) is 4.98 Å². The lowest BCUT2D eigenvalue weighted by Gasteiger charge is -2.21. The molecule has 1 aliphatic heterocycles. The zero-order valence-electron chi connectivity index (χ0n) is 13.1. The van der Waals surface area contributed by atoms with Crippen LogP contribution in [0.2, 0.25) is 5.15 Å². The van der Waals surface area contributed by atoms with Gasteiger partial charge in [-0.2, -0.15) is 0 Å². The number of halogens is 1. The fourth-order valence-electron chi connectivity index (χ4n) is 2.70. The summed E-state index contributed by atoms with van der Waals surface area (Å²) in [5.74, 6) is 0.741. The summed E-state index contributed by atoms with van der Waals surface area (Å²) in [7, 11) is 0. The molecule has 2 aromatic rings. The fraction of sp³-hybridized carbons (Fsp3) is 0.333. The van der Waals surface area contributed by atoms with Gasteiger partial charge in [0.05, 0.1) is 6.20 Å². The summed E-state index contributed by atoms with van der Waals surface area (Å²) in [6, 6.07) is 6.21. The smallest absolute Gasteiger partial charge is 0.138 e. The van der Waals surface area contributed by atoms with Gasteiger partial charge in [0.25, 0.3) is 0 Å². The lowest BCUT2D eigenvalue weighted by Crippen LogP contribution is -2.36. The normalized spacial score (nSPS) is 19.1. The summed E-state index contributed by atoms with van der Waals surface area (Å²) in [6.07, 6.45) is 11.6. The molecule has 1 aliphatic rings. The van der Waals surface area contributed by atoms with Gasteiger partial charge in [0, 0.05) is 24.0 Å². The summed E-state index contributed by atoms with van der Waals surface area (Å²) in [5, 5.41) is 3.92. The van der Waals surface area contributed by atoms with Crippen molar-refractivity contribution >= 4 is 23.8 Å². The molecule has 3 rings (SSSR count). The highest BCUT2D eigenvalue weighted by Gasteiger charge is 2.22. The summed E-state index contributed by atoms with van der Waals surface area (Å²) in [6.45, 7) is 3.15. The van der Waals surface area contributed by atoms with E-state index in [1.807, 2.05) is 30.4 Å². The minimum absolute atomic E-state index is 0.109. The molecular weight excluding hydrogens is 310 g/mol. The number of hydrogen-bond acceptors (Lipinski definition) is 4. The SMILES string of the molecule is CC(Oc1cnc(Cl)c(C=Cc2ccncc2)c1)[C@H]1CCCN1. The molecule has 1 fully saturated rings. The largest absolute Gasteiger partial charge is 0.487 e. The average Bonchev–Trinajstić information content (AvgIpc) is 3.11. The Morgan fingerprint density at radius 3 is 2.91 bits per heavy atom. The second-order valence-electron chi connectivity index (χ2n) is 5.69. The topological polar surface area (TPSA) is 47.0 Å². The molecule has 2 atom stereocenters. The van der Waals surface area contributed by atoms with Crippen molar-refractivity contribution in [3.8, 4) is 5.75 Å². The van der Waals surface area contributed by atoms with Crippen molar-refractivity contribution in [3.05, 3.63) is 53.1 Å². The van der Waals surface area contributed by atoms with Crippen molar-refractivity contribution in [3.63, 3.8) is 0 Å². The van der Waals surface area contributed by atoms with E-state index in [1.54, 1.807) is 18.6 Å². The molecule has 120 valence electrons. The predicted octanol–water partition coefficient (Wildman–Crippen LogP) is 3.82. The Balaban J connectivity index is 1.72. The van der Waals surface area contributed by atoms with E-state index < -0.39 is 0 Å². The molecule has 4 nitrogen and oxygen atoms in total. The van der Waals surface area contributed by atoms with E-state index in [0.717, 1.165) is 29.8 Å². The van der Waals surface area contributed by atoms with E-state index in [4.69, 9.17) is 16.3 Å². The first kappa shape index (κ1) is 16.0. The molecule has 3 heterocycles. The van der Waals surface area contributed by atoms with Crippen molar-refractivity contribution in [2.75, 3.05) is 6.54 Å². The minimum Gasteiger partial charge on any atom is -0.487 e. The van der Waals surface area contributed by atoms with Crippen molar-refractivity contribution in [1.29, 1.82) is 0 Å². The Hall–Kier alpha value is -1.91. The third-order valence-corrected chi connectivity index (χ3v) is 4.31. The summed E-state index contributed by atoms with van der Waals surface area (Å²) < 4.78 is 6.02. The van der Waals surface area contributed by atoms with Crippen LogP contribution in [0.4, 0.5) is 0 Å². The second-order valence-corrected chi connectivity index (χ2v) is 6.05. The Kier molecular flexibility index (Phi) is 5.26. The molecule has 1 saturated heterocycles. The van der Waals surface area contributed by atoms with Crippen molar-refractivity contribution in [2.45, 2.75) is 31.9 Å². The third kappa shape index (κ3) is 4.30. The molecule has 0 spiro atoms. The van der Waals surface area contributed by atoms with Crippen LogP contribution in [0, 0.1) is 0 Å². The molecule has 0 saturated carbocycles. The van der Waals surface area contributed by atoms with Gasteiger partial charge < -0.3 is 10.1 Å². The van der Waals surface area contributed by atoms with Crippen molar-refractivity contribution in [1.82, 2.24) is 15.3 Å². The Labute approximate surface area is 141 Å². The van der Waals surface area contributed by atoms with Crippen LogP contribution in [0.1, 0.15) is 30.9 Å². The highest BCUT2D eigenvalue weighted by molar-refractivity contribution is 6.31. The van der Waals surface area contributed by atoms with Crippen LogP contribution in [-0.4, -0.2) is 28.7 Å². The van der Waals surface area contributed by atoms with Crippen LogP contribution < -0.4 is 10.1 Å². The van der Waals surface area contributed by atoms with Gasteiger partial charge >= 0.3 is 0 Å². The number of hydrogen-bond donors (Lipinski definition) is 1. The maximum absolute atomic E-state index is 6.18. The van der Waals surface area contributed by atoms with E-state index in [0.29, 0.717) is 11.2 Å². The monoisotopic (exact) mass is 329 g/mol. The van der Waals surface area contributed by atoms with E-state index in [1.165, 1.54) is 6.42 Å². The molecule has 23 heavy (non-hydrogen) atoms. The zero-order valence-corrected chi connectivity index (χ0v) is 13.8. The van der Waals surface area contributed by atoms with Crippen LogP contribution >= 0.6 is 11.6 Å².